The molecule has 60 valence electrons. The van der Waals surface area contributed by atoms with Crippen LogP contribution in [0.1, 0.15) is 12.6 Å². The van der Waals surface area contributed by atoms with E-state index in [0.29, 0.717) is 5.92 Å². The van der Waals surface area contributed by atoms with Crippen LogP contribution in [0, 0.1) is 12.8 Å². The lowest BCUT2D eigenvalue weighted by molar-refractivity contribution is 0.175. The van der Waals surface area contributed by atoms with Crippen LogP contribution in [-0.2, 0) is 6.54 Å². The van der Waals surface area contributed by atoms with Crippen molar-refractivity contribution in [1.29, 1.82) is 0 Å². The molecule has 0 bridgehead atoms. The van der Waals surface area contributed by atoms with Crippen molar-refractivity contribution < 1.29 is 4.74 Å². The van der Waals surface area contributed by atoms with Crippen LogP contribution in [0.4, 0.5) is 0 Å². The molecular weight excluding hydrogens is 140 g/mol. The van der Waals surface area contributed by atoms with E-state index in [2.05, 4.69) is 12.0 Å². The highest BCUT2D eigenvalue weighted by Gasteiger charge is 2.16. The van der Waals surface area contributed by atoms with Crippen molar-refractivity contribution in [2.45, 2.75) is 20.4 Å². The second-order valence-corrected chi connectivity index (χ2v) is 3.22. The Hall–Kier alpha value is -0.990. The summed E-state index contributed by atoms with van der Waals surface area (Å²) in [6.45, 7) is 5.97. The molecule has 3 nitrogen and oxygen atoms in total. The molecule has 0 radical (unpaired) electrons. The van der Waals surface area contributed by atoms with Crippen molar-refractivity contribution in [2.75, 3.05) is 6.61 Å². The smallest absolute Gasteiger partial charge is 0.211 e. The number of aromatic nitrogens is 2. The van der Waals surface area contributed by atoms with Gasteiger partial charge in [0.2, 0.25) is 5.88 Å². The van der Waals surface area contributed by atoms with Crippen molar-refractivity contribution in [3.05, 3.63) is 11.8 Å². The highest BCUT2D eigenvalue weighted by molar-refractivity contribution is 5.15. The molecule has 2 rings (SSSR count). The first kappa shape index (κ1) is 6.70. The fourth-order valence-corrected chi connectivity index (χ4v) is 1.34. The monoisotopic (exact) mass is 152 g/mol. The summed E-state index contributed by atoms with van der Waals surface area (Å²) >= 11 is 0. The Kier molecular flexibility index (Phi) is 1.37. The van der Waals surface area contributed by atoms with Gasteiger partial charge in [0.05, 0.1) is 18.8 Å². The van der Waals surface area contributed by atoms with Gasteiger partial charge < -0.3 is 4.74 Å². The van der Waals surface area contributed by atoms with Crippen molar-refractivity contribution in [3.63, 3.8) is 0 Å². The molecule has 0 saturated carbocycles. The minimum absolute atomic E-state index is 0.585. The van der Waals surface area contributed by atoms with Gasteiger partial charge in [-0.1, -0.05) is 6.92 Å². The summed E-state index contributed by atoms with van der Waals surface area (Å²) in [6.07, 6.45) is 0. The number of fused-ring (bicyclic) bond motifs is 1. The van der Waals surface area contributed by atoms with E-state index in [1.54, 1.807) is 0 Å². The standard InChI is InChI=1S/C8H12N2O/c1-6-4-10-8(11-5-6)3-7(2)9-10/h3,6H,4-5H2,1-2H3. The molecule has 0 N–H and O–H groups in total. The van der Waals surface area contributed by atoms with E-state index in [1.807, 2.05) is 17.7 Å². The molecule has 0 aromatic carbocycles. The normalized spacial score (nSPS) is 22.5. The molecule has 0 amide bonds. The molecule has 0 aliphatic carbocycles. The number of hydrogen-bond acceptors (Lipinski definition) is 2. The highest BCUT2D eigenvalue weighted by atomic mass is 16.5. The summed E-state index contributed by atoms with van der Waals surface area (Å²) in [5, 5.41) is 4.29. The Morgan fingerprint density at radius 3 is 3.36 bits per heavy atom. The predicted molar refractivity (Wildman–Crippen MR) is 41.6 cm³/mol. The van der Waals surface area contributed by atoms with E-state index >= 15 is 0 Å². The summed E-state index contributed by atoms with van der Waals surface area (Å²) in [7, 11) is 0. The van der Waals surface area contributed by atoms with Crippen LogP contribution < -0.4 is 4.74 Å². The molecule has 11 heavy (non-hydrogen) atoms. The average Bonchev–Trinajstić information content (AvgIpc) is 2.27. The molecule has 1 aromatic rings. The van der Waals surface area contributed by atoms with E-state index in [1.165, 1.54) is 0 Å². The maximum Gasteiger partial charge on any atom is 0.211 e. The van der Waals surface area contributed by atoms with Gasteiger partial charge in [0.15, 0.2) is 0 Å². The molecule has 1 unspecified atom stereocenters. The Labute approximate surface area is 66.0 Å². The fraction of sp³-hybridized carbons (Fsp3) is 0.625. The third kappa shape index (κ3) is 1.11. The molecule has 1 atom stereocenters. The van der Waals surface area contributed by atoms with Crippen molar-refractivity contribution in [3.8, 4) is 5.88 Å². The number of aryl methyl sites for hydroxylation is 1. The number of ether oxygens (including phenoxy) is 1. The average molecular weight is 152 g/mol. The molecule has 3 heteroatoms. The summed E-state index contributed by atoms with van der Waals surface area (Å²) in [6, 6.07) is 1.98. The van der Waals surface area contributed by atoms with E-state index in [-0.39, 0.29) is 0 Å². The molecular formula is C8H12N2O. The van der Waals surface area contributed by atoms with Gasteiger partial charge in [-0.05, 0) is 6.92 Å². The van der Waals surface area contributed by atoms with Gasteiger partial charge in [-0.2, -0.15) is 5.10 Å². The van der Waals surface area contributed by atoms with Crippen LogP contribution in [0.25, 0.3) is 0 Å². The minimum atomic E-state index is 0.585. The quantitative estimate of drug-likeness (QED) is 0.559. The molecule has 0 spiro atoms. The van der Waals surface area contributed by atoms with Crippen LogP contribution in [0.5, 0.6) is 5.88 Å². The van der Waals surface area contributed by atoms with Gasteiger partial charge in [0.25, 0.3) is 0 Å². The summed E-state index contributed by atoms with van der Waals surface area (Å²) < 4.78 is 7.39. The zero-order valence-electron chi connectivity index (χ0n) is 6.87. The fourth-order valence-electron chi connectivity index (χ4n) is 1.34. The Morgan fingerprint density at radius 2 is 2.55 bits per heavy atom. The summed E-state index contributed by atoms with van der Waals surface area (Å²) in [5.74, 6) is 1.50. The number of hydrogen-bond donors (Lipinski definition) is 0. The maximum absolute atomic E-state index is 5.46. The van der Waals surface area contributed by atoms with Gasteiger partial charge in [0, 0.05) is 12.0 Å². The number of nitrogens with zero attached hydrogens (tertiary/aromatic N) is 2. The van der Waals surface area contributed by atoms with E-state index in [9.17, 15) is 0 Å². The summed E-state index contributed by atoms with van der Waals surface area (Å²) in [5.41, 5.74) is 1.04. The van der Waals surface area contributed by atoms with Gasteiger partial charge in [-0.3, -0.25) is 0 Å². The van der Waals surface area contributed by atoms with Gasteiger partial charge in [-0.15, -0.1) is 0 Å². The van der Waals surface area contributed by atoms with Crippen LogP contribution in [0.3, 0.4) is 0 Å². The molecule has 0 saturated heterocycles. The first-order valence-electron chi connectivity index (χ1n) is 3.93. The lowest BCUT2D eigenvalue weighted by Crippen LogP contribution is -2.23. The third-order valence-electron chi connectivity index (χ3n) is 1.87. The SMILES string of the molecule is Cc1cc2n(n1)CC(C)CO2. The van der Waals surface area contributed by atoms with Gasteiger partial charge in [0.1, 0.15) is 0 Å². The molecule has 2 heterocycles. The second kappa shape index (κ2) is 2.26. The Bertz CT molecular complexity index is 267. The molecule has 1 aromatic heterocycles. The topological polar surface area (TPSA) is 27.1 Å². The van der Waals surface area contributed by atoms with E-state index in [4.69, 9.17) is 4.74 Å². The minimum Gasteiger partial charge on any atom is -0.477 e. The lowest BCUT2D eigenvalue weighted by Gasteiger charge is -2.20. The highest BCUT2D eigenvalue weighted by Crippen LogP contribution is 2.20. The van der Waals surface area contributed by atoms with Crippen LogP contribution in [0.2, 0.25) is 0 Å². The summed E-state index contributed by atoms with van der Waals surface area (Å²) in [4.78, 5) is 0. The van der Waals surface area contributed by atoms with Crippen molar-refractivity contribution in [2.24, 2.45) is 5.92 Å². The zero-order chi connectivity index (χ0) is 7.84. The number of rotatable bonds is 0. The van der Waals surface area contributed by atoms with Crippen LogP contribution >= 0.6 is 0 Å². The molecule has 1 aliphatic heterocycles. The second-order valence-electron chi connectivity index (χ2n) is 3.22. The maximum atomic E-state index is 5.46. The molecule has 1 aliphatic rings. The van der Waals surface area contributed by atoms with Crippen molar-refractivity contribution >= 4 is 0 Å². The Morgan fingerprint density at radius 1 is 1.73 bits per heavy atom. The van der Waals surface area contributed by atoms with E-state index in [0.717, 1.165) is 24.7 Å². The lowest BCUT2D eigenvalue weighted by atomic mass is 10.2. The van der Waals surface area contributed by atoms with Crippen LogP contribution in [0.15, 0.2) is 6.07 Å². The zero-order valence-corrected chi connectivity index (χ0v) is 6.87. The third-order valence-corrected chi connectivity index (χ3v) is 1.87. The first-order chi connectivity index (χ1) is 5.25. The Balaban J connectivity index is 2.34. The van der Waals surface area contributed by atoms with Crippen LogP contribution in [-0.4, -0.2) is 16.4 Å². The van der Waals surface area contributed by atoms with Gasteiger partial charge >= 0.3 is 0 Å². The van der Waals surface area contributed by atoms with Gasteiger partial charge in [-0.25, -0.2) is 4.68 Å². The predicted octanol–water partition coefficient (Wildman–Crippen LogP) is 1.22. The van der Waals surface area contributed by atoms with Crippen molar-refractivity contribution in [1.82, 2.24) is 9.78 Å². The molecule has 0 fully saturated rings. The van der Waals surface area contributed by atoms with E-state index < -0.39 is 0 Å². The first-order valence-corrected chi connectivity index (χ1v) is 3.93. The largest absolute Gasteiger partial charge is 0.477 e.